The summed E-state index contributed by atoms with van der Waals surface area (Å²) >= 11 is 11.8. The molecule has 7 heteroatoms. The van der Waals surface area contributed by atoms with Gasteiger partial charge in [-0.2, -0.15) is 0 Å². The Morgan fingerprint density at radius 1 is 1.00 bits per heavy atom. The van der Waals surface area contributed by atoms with Gasteiger partial charge in [0.25, 0.3) is 0 Å². The average molecular weight is 369 g/mol. The molecule has 2 aromatic carbocycles. The normalized spacial score (nSPS) is 12.6. The summed E-state index contributed by atoms with van der Waals surface area (Å²) in [6, 6.07) is 9.84. The van der Waals surface area contributed by atoms with Gasteiger partial charge in [0.15, 0.2) is 11.5 Å². The topological polar surface area (TPSA) is 54.0 Å². The molecule has 126 valence electrons. The van der Waals surface area contributed by atoms with E-state index in [1.807, 2.05) is 0 Å². The molecule has 0 bridgehead atoms. The van der Waals surface area contributed by atoms with Gasteiger partial charge in [-0.3, -0.25) is 0 Å². The number of benzene rings is 2. The molecule has 3 rings (SSSR count). The Labute approximate surface area is 149 Å². The molecule has 1 aliphatic heterocycles. The summed E-state index contributed by atoms with van der Waals surface area (Å²) in [5.41, 5.74) is 0.392. The molecule has 2 aromatic rings. The van der Waals surface area contributed by atoms with Gasteiger partial charge in [-0.15, -0.1) is 0 Å². The van der Waals surface area contributed by atoms with Crippen molar-refractivity contribution >= 4 is 29.2 Å². The molecule has 0 N–H and O–H groups in total. The molecular weight excluding hydrogens is 355 g/mol. The number of rotatable bonds is 5. The molecule has 24 heavy (non-hydrogen) atoms. The van der Waals surface area contributed by atoms with Crippen LogP contribution in [0.3, 0.4) is 0 Å². The lowest BCUT2D eigenvalue weighted by atomic mass is 10.2. The average Bonchev–Trinajstić information content (AvgIpc) is 2.59. The van der Waals surface area contributed by atoms with Crippen LogP contribution in [0.25, 0.3) is 0 Å². The van der Waals surface area contributed by atoms with E-state index in [-0.39, 0.29) is 13.2 Å². The van der Waals surface area contributed by atoms with Crippen molar-refractivity contribution in [3.8, 4) is 17.2 Å². The van der Waals surface area contributed by atoms with Crippen LogP contribution in [-0.4, -0.2) is 32.4 Å². The summed E-state index contributed by atoms with van der Waals surface area (Å²) in [4.78, 5) is 12.0. The fourth-order valence-electron chi connectivity index (χ4n) is 2.13. The molecule has 0 aliphatic carbocycles. The molecular formula is C17H14Cl2O5. The van der Waals surface area contributed by atoms with Crippen LogP contribution in [0.15, 0.2) is 36.4 Å². The van der Waals surface area contributed by atoms with Gasteiger partial charge in [0.05, 0.1) is 10.6 Å². The van der Waals surface area contributed by atoms with E-state index in [0.717, 1.165) is 0 Å². The highest BCUT2D eigenvalue weighted by Gasteiger charge is 2.15. The molecule has 0 radical (unpaired) electrons. The second-order valence-electron chi connectivity index (χ2n) is 4.92. The van der Waals surface area contributed by atoms with Crippen LogP contribution in [0.5, 0.6) is 17.2 Å². The number of esters is 1. The molecule has 5 nitrogen and oxygen atoms in total. The minimum absolute atomic E-state index is 0.0895. The van der Waals surface area contributed by atoms with Gasteiger partial charge in [0.1, 0.15) is 32.2 Å². The fourth-order valence-corrected chi connectivity index (χ4v) is 2.59. The zero-order valence-corrected chi connectivity index (χ0v) is 14.1. The summed E-state index contributed by atoms with van der Waals surface area (Å²) in [5, 5.41) is 0.929. The number of fused-ring (bicyclic) bond motifs is 1. The lowest BCUT2D eigenvalue weighted by Gasteiger charge is -2.18. The Morgan fingerprint density at radius 2 is 1.79 bits per heavy atom. The molecule has 0 fully saturated rings. The lowest BCUT2D eigenvalue weighted by Crippen LogP contribution is -2.16. The van der Waals surface area contributed by atoms with Crippen LogP contribution in [0.4, 0.5) is 0 Å². The minimum atomic E-state index is -0.460. The molecule has 0 saturated carbocycles. The second-order valence-corrected chi connectivity index (χ2v) is 5.76. The SMILES string of the molecule is O=C(OCCOc1ccc(Cl)cc1Cl)c1ccc2c(c1)OCCO2. The van der Waals surface area contributed by atoms with E-state index in [9.17, 15) is 4.79 Å². The molecule has 0 spiro atoms. The fraction of sp³-hybridized carbons (Fsp3) is 0.235. The van der Waals surface area contributed by atoms with E-state index in [4.69, 9.17) is 42.1 Å². The predicted octanol–water partition coefficient (Wildman–Crippen LogP) is 4.00. The smallest absolute Gasteiger partial charge is 0.338 e. The highest BCUT2D eigenvalue weighted by atomic mass is 35.5. The number of ether oxygens (including phenoxy) is 4. The lowest BCUT2D eigenvalue weighted by molar-refractivity contribution is 0.0449. The van der Waals surface area contributed by atoms with Crippen LogP contribution in [0.2, 0.25) is 10.0 Å². The monoisotopic (exact) mass is 368 g/mol. The molecule has 0 amide bonds. The zero-order chi connectivity index (χ0) is 16.9. The number of carbonyl (C=O) groups excluding carboxylic acids is 1. The number of carbonyl (C=O) groups is 1. The first kappa shape index (κ1) is 16.7. The van der Waals surface area contributed by atoms with Crippen molar-refractivity contribution in [2.75, 3.05) is 26.4 Å². The van der Waals surface area contributed by atoms with Crippen LogP contribution in [0.1, 0.15) is 10.4 Å². The molecule has 1 heterocycles. The third-order valence-corrected chi connectivity index (χ3v) is 3.78. The first-order valence-electron chi connectivity index (χ1n) is 7.28. The van der Waals surface area contributed by atoms with Gasteiger partial charge in [-0.1, -0.05) is 23.2 Å². The van der Waals surface area contributed by atoms with Gasteiger partial charge in [0.2, 0.25) is 0 Å². The molecule has 1 aliphatic rings. The van der Waals surface area contributed by atoms with Crippen LogP contribution in [0, 0.1) is 0 Å². The highest BCUT2D eigenvalue weighted by Crippen LogP contribution is 2.31. The zero-order valence-electron chi connectivity index (χ0n) is 12.6. The van der Waals surface area contributed by atoms with E-state index in [1.54, 1.807) is 36.4 Å². The van der Waals surface area contributed by atoms with Crippen molar-refractivity contribution in [2.45, 2.75) is 0 Å². The summed E-state index contributed by atoms with van der Waals surface area (Å²) in [5.74, 6) is 1.19. The Balaban J connectivity index is 1.50. The van der Waals surface area contributed by atoms with Crippen molar-refractivity contribution in [1.29, 1.82) is 0 Å². The summed E-state index contributed by atoms with van der Waals surface area (Å²) in [7, 11) is 0. The largest absolute Gasteiger partial charge is 0.488 e. The van der Waals surface area contributed by atoms with E-state index in [1.165, 1.54) is 0 Å². The van der Waals surface area contributed by atoms with Gasteiger partial charge in [0, 0.05) is 5.02 Å². The first-order valence-corrected chi connectivity index (χ1v) is 8.04. The number of hydrogen-bond donors (Lipinski definition) is 0. The summed E-state index contributed by atoms with van der Waals surface area (Å²) < 4.78 is 21.5. The van der Waals surface area contributed by atoms with Crippen molar-refractivity contribution in [2.24, 2.45) is 0 Å². The number of halogens is 2. The standard InChI is InChI=1S/C17H14Cl2O5/c18-12-2-4-14(13(19)10-12)21-7-8-24-17(20)11-1-3-15-16(9-11)23-6-5-22-15/h1-4,9-10H,5-8H2. The number of hydrogen-bond acceptors (Lipinski definition) is 5. The van der Waals surface area contributed by atoms with Crippen LogP contribution >= 0.6 is 23.2 Å². The Morgan fingerprint density at radius 3 is 2.58 bits per heavy atom. The van der Waals surface area contributed by atoms with Gasteiger partial charge < -0.3 is 18.9 Å². The van der Waals surface area contributed by atoms with Crippen LogP contribution < -0.4 is 14.2 Å². The third kappa shape index (κ3) is 4.04. The van der Waals surface area contributed by atoms with E-state index >= 15 is 0 Å². The summed E-state index contributed by atoms with van der Waals surface area (Å²) in [6.45, 7) is 1.23. The molecule has 0 saturated heterocycles. The van der Waals surface area contributed by atoms with Crippen molar-refractivity contribution < 1.29 is 23.7 Å². The van der Waals surface area contributed by atoms with Crippen molar-refractivity contribution in [3.05, 3.63) is 52.0 Å². The minimum Gasteiger partial charge on any atom is -0.488 e. The molecule has 0 atom stereocenters. The van der Waals surface area contributed by atoms with E-state index in [0.29, 0.717) is 46.1 Å². The van der Waals surface area contributed by atoms with Crippen LogP contribution in [-0.2, 0) is 4.74 Å². The van der Waals surface area contributed by atoms with E-state index in [2.05, 4.69) is 0 Å². The van der Waals surface area contributed by atoms with Gasteiger partial charge >= 0.3 is 5.97 Å². The second kappa shape index (κ2) is 7.64. The summed E-state index contributed by atoms with van der Waals surface area (Å²) in [6.07, 6.45) is 0. The Bertz CT molecular complexity index is 748. The third-order valence-electron chi connectivity index (χ3n) is 3.25. The Kier molecular flexibility index (Phi) is 5.33. The van der Waals surface area contributed by atoms with Crippen molar-refractivity contribution in [1.82, 2.24) is 0 Å². The maximum atomic E-state index is 12.0. The Hall–Kier alpha value is -2.11. The van der Waals surface area contributed by atoms with Gasteiger partial charge in [-0.25, -0.2) is 4.79 Å². The maximum absolute atomic E-state index is 12.0. The quantitative estimate of drug-likeness (QED) is 0.589. The maximum Gasteiger partial charge on any atom is 0.338 e. The molecule has 0 unspecified atom stereocenters. The van der Waals surface area contributed by atoms with E-state index < -0.39 is 5.97 Å². The van der Waals surface area contributed by atoms with Gasteiger partial charge in [-0.05, 0) is 36.4 Å². The predicted molar refractivity (Wildman–Crippen MR) is 89.7 cm³/mol. The molecule has 0 aromatic heterocycles. The van der Waals surface area contributed by atoms with Crippen molar-refractivity contribution in [3.63, 3.8) is 0 Å². The highest BCUT2D eigenvalue weighted by molar-refractivity contribution is 6.35. The first-order chi connectivity index (χ1) is 11.6.